The summed E-state index contributed by atoms with van der Waals surface area (Å²) in [5, 5.41) is 19.1. The number of aliphatic hydroxyl groups is 1. The van der Waals surface area contributed by atoms with Gasteiger partial charge in [-0.25, -0.2) is 0 Å². The molecule has 1 rings (SSSR count). The summed E-state index contributed by atoms with van der Waals surface area (Å²) in [7, 11) is 1.49. The van der Waals surface area contributed by atoms with Gasteiger partial charge in [0, 0.05) is 0 Å². The first kappa shape index (κ1) is 12.3. The molecule has 1 aliphatic rings. The van der Waals surface area contributed by atoms with Crippen molar-refractivity contribution < 1.29 is 38.1 Å². The number of carboxylic acids is 1. The summed E-state index contributed by atoms with van der Waals surface area (Å²) in [6, 6.07) is 0. The van der Waals surface area contributed by atoms with Crippen LogP contribution in [0.15, 0.2) is 24.3 Å². The summed E-state index contributed by atoms with van der Waals surface area (Å²) in [5.74, 6) is -1.74. The Morgan fingerprint density at radius 2 is 2.36 bits per heavy atom. The van der Waals surface area contributed by atoms with Gasteiger partial charge in [0.15, 0.2) is 0 Å². The molecule has 2 N–H and O–H groups in total. The van der Waals surface area contributed by atoms with Crippen LogP contribution in [0.25, 0.3) is 0 Å². The SMILES string of the molecule is C[CH2][Hg][S]C1(O)C=CC=CC1C(=O)O. The molecule has 74 valence electrons. The molecule has 0 bridgehead atoms. The molecule has 2 unspecified atom stereocenters. The van der Waals surface area contributed by atoms with Gasteiger partial charge in [-0.15, -0.1) is 0 Å². The van der Waals surface area contributed by atoms with E-state index in [0.717, 1.165) is 3.93 Å². The predicted molar refractivity (Wildman–Crippen MR) is 52.4 cm³/mol. The van der Waals surface area contributed by atoms with E-state index in [9.17, 15) is 9.90 Å². The van der Waals surface area contributed by atoms with E-state index in [1.807, 2.05) is 0 Å². The van der Waals surface area contributed by atoms with E-state index in [1.54, 1.807) is 24.3 Å². The molecule has 0 aromatic heterocycles. The average molecular weight is 401 g/mol. The third-order valence-electron chi connectivity index (χ3n) is 2.00. The van der Waals surface area contributed by atoms with Crippen molar-refractivity contribution in [2.75, 3.05) is 0 Å². The Balaban J connectivity index is 2.77. The zero-order chi connectivity index (χ0) is 10.6. The first-order chi connectivity index (χ1) is 6.60. The number of rotatable bonds is 4. The molecule has 2 atom stereocenters. The van der Waals surface area contributed by atoms with E-state index in [4.69, 9.17) is 5.11 Å². The van der Waals surface area contributed by atoms with Gasteiger partial charge in [-0.05, 0) is 0 Å². The standard InChI is InChI=1S/C7H8O3S.C2H5.Hg/c8-6(9)5-3-1-2-4-7(5,10)11;1-2;/h1-5,10-11H,(H,8,9);1H2,2H3;/q;;+1/p-1. The third-order valence-corrected chi connectivity index (χ3v) is 16.0. The van der Waals surface area contributed by atoms with E-state index in [1.165, 1.54) is 8.24 Å². The van der Waals surface area contributed by atoms with Crippen LogP contribution in [0.3, 0.4) is 0 Å². The Bertz CT molecular complexity index is 277. The minimum atomic E-state index is -1.18. The van der Waals surface area contributed by atoms with Gasteiger partial charge in [-0.2, -0.15) is 0 Å². The molecule has 0 radical (unpaired) electrons. The van der Waals surface area contributed by atoms with Crippen LogP contribution in [0.5, 0.6) is 0 Å². The van der Waals surface area contributed by atoms with E-state index in [0.29, 0.717) is 0 Å². The van der Waals surface area contributed by atoms with E-state index >= 15 is 0 Å². The predicted octanol–water partition coefficient (Wildman–Crippen LogP) is 1.67. The summed E-state index contributed by atoms with van der Waals surface area (Å²) < 4.78 is 1.14. The molecule has 5 heteroatoms. The fraction of sp³-hybridized carbons (Fsp3) is 0.444. The maximum absolute atomic E-state index is 10.9. The fourth-order valence-electron chi connectivity index (χ4n) is 1.27. The minimum absolute atomic E-state index is 0.788. The normalized spacial score (nSPS) is 30.0. The molecule has 1 aliphatic carbocycles. The summed E-state index contributed by atoms with van der Waals surface area (Å²) in [4.78, 5) is 9.72. The molecule has 14 heavy (non-hydrogen) atoms. The number of hydrogen-bond donors (Lipinski definition) is 2. The fourth-order valence-corrected chi connectivity index (χ4v) is 11.7. The Labute approximate surface area is 97.8 Å². The van der Waals surface area contributed by atoms with Crippen LogP contribution in [0.4, 0.5) is 0 Å². The first-order valence-electron chi connectivity index (χ1n) is 4.55. The molecule has 0 saturated carbocycles. The van der Waals surface area contributed by atoms with Gasteiger partial charge in [0.1, 0.15) is 0 Å². The van der Waals surface area contributed by atoms with Gasteiger partial charge in [0.2, 0.25) is 0 Å². The van der Waals surface area contributed by atoms with E-state index in [2.05, 4.69) is 6.92 Å². The number of allylic oxidation sites excluding steroid dienone is 2. The molecular weight excluding hydrogens is 389 g/mol. The Morgan fingerprint density at radius 3 is 2.93 bits per heavy atom. The van der Waals surface area contributed by atoms with E-state index in [-0.39, 0.29) is 0 Å². The summed E-state index contributed by atoms with van der Waals surface area (Å²) in [6.45, 7) is 2.09. The van der Waals surface area contributed by atoms with Crippen LogP contribution in [0.1, 0.15) is 6.92 Å². The molecule has 0 fully saturated rings. The van der Waals surface area contributed by atoms with Crippen LogP contribution in [-0.2, 0) is 27.9 Å². The second kappa shape index (κ2) is 5.33. The Morgan fingerprint density at radius 1 is 1.64 bits per heavy atom. The molecule has 0 saturated heterocycles. The summed E-state index contributed by atoms with van der Waals surface area (Å²) in [6.07, 6.45) is 6.55. The van der Waals surface area contributed by atoms with Crippen molar-refractivity contribution in [1.82, 2.24) is 0 Å². The molecule has 0 aliphatic heterocycles. The van der Waals surface area contributed by atoms with Crippen molar-refractivity contribution in [3.8, 4) is 0 Å². The third kappa shape index (κ3) is 2.84. The Kier molecular flexibility index (Phi) is 4.67. The van der Waals surface area contributed by atoms with Gasteiger partial charge in [-0.3, -0.25) is 0 Å². The zero-order valence-corrected chi connectivity index (χ0v) is 14.3. The summed E-state index contributed by atoms with van der Waals surface area (Å²) in [5.41, 5.74) is 0. The van der Waals surface area contributed by atoms with Crippen LogP contribution in [-0.4, -0.2) is 21.1 Å². The van der Waals surface area contributed by atoms with Crippen molar-refractivity contribution in [2.24, 2.45) is 5.92 Å². The second-order valence-corrected chi connectivity index (χ2v) is 16.5. The van der Waals surface area contributed by atoms with Crippen LogP contribution in [0, 0.1) is 5.92 Å². The van der Waals surface area contributed by atoms with Gasteiger partial charge < -0.3 is 0 Å². The second-order valence-electron chi connectivity index (χ2n) is 3.16. The van der Waals surface area contributed by atoms with E-state index < -0.39 is 39.9 Å². The first-order valence-corrected chi connectivity index (χ1v) is 16.2. The average Bonchev–Trinajstić information content (AvgIpc) is 2.15. The number of hydrogen-bond acceptors (Lipinski definition) is 3. The quantitative estimate of drug-likeness (QED) is 0.557. The van der Waals surface area contributed by atoms with Crippen molar-refractivity contribution in [3.05, 3.63) is 24.3 Å². The molecule has 0 aromatic carbocycles. The van der Waals surface area contributed by atoms with Crippen molar-refractivity contribution in [3.63, 3.8) is 0 Å². The molecule has 3 nitrogen and oxygen atoms in total. The molecule has 0 amide bonds. The van der Waals surface area contributed by atoms with Gasteiger partial charge in [0.25, 0.3) is 0 Å². The van der Waals surface area contributed by atoms with Crippen molar-refractivity contribution >= 4 is 14.2 Å². The molecule has 0 spiro atoms. The summed E-state index contributed by atoms with van der Waals surface area (Å²) >= 11 is -1.13. The Hall–Kier alpha value is 0.195. The van der Waals surface area contributed by atoms with Gasteiger partial charge >= 0.3 is 98.3 Å². The van der Waals surface area contributed by atoms with Crippen LogP contribution >= 0.6 is 8.24 Å². The van der Waals surface area contributed by atoms with Gasteiger partial charge in [0.05, 0.1) is 0 Å². The maximum atomic E-state index is 10.9. The van der Waals surface area contributed by atoms with Crippen molar-refractivity contribution in [1.29, 1.82) is 0 Å². The topological polar surface area (TPSA) is 57.5 Å². The molecule has 0 heterocycles. The zero-order valence-electron chi connectivity index (χ0n) is 8.01. The molecular formula is C9H12HgO3S. The van der Waals surface area contributed by atoms with Crippen LogP contribution in [0.2, 0.25) is 3.93 Å². The number of carboxylic acid groups (broad SMARTS) is 1. The monoisotopic (exact) mass is 402 g/mol. The van der Waals surface area contributed by atoms with Gasteiger partial charge in [-0.1, -0.05) is 0 Å². The molecule has 0 aromatic rings. The number of carbonyl (C=O) groups is 1. The number of aliphatic carboxylic acids is 1. The van der Waals surface area contributed by atoms with Crippen LogP contribution < -0.4 is 0 Å². The van der Waals surface area contributed by atoms with Crippen molar-refractivity contribution in [2.45, 2.75) is 15.8 Å².